The second-order valence-electron chi connectivity index (χ2n) is 3.01. The van der Waals surface area contributed by atoms with Gasteiger partial charge in [0, 0.05) is 20.0 Å². The Balaban J connectivity index is 2.62. The molecule has 1 fully saturated rings. The molecule has 0 bridgehead atoms. The summed E-state index contributed by atoms with van der Waals surface area (Å²) in [4.78, 5) is 12.5. The van der Waals surface area contributed by atoms with Gasteiger partial charge in [0.05, 0.1) is 11.5 Å². The van der Waals surface area contributed by atoms with Gasteiger partial charge in [-0.25, -0.2) is 8.42 Å². The van der Waals surface area contributed by atoms with Crippen molar-refractivity contribution >= 4 is 15.7 Å². The molecule has 0 spiro atoms. The highest BCUT2D eigenvalue weighted by molar-refractivity contribution is 7.91. The molecule has 1 heterocycles. The van der Waals surface area contributed by atoms with E-state index in [1.54, 1.807) is 4.90 Å². The maximum atomic E-state index is 11.1. The van der Waals surface area contributed by atoms with E-state index >= 15 is 0 Å². The lowest BCUT2D eigenvalue weighted by atomic mass is 10.4. The highest BCUT2D eigenvalue weighted by atomic mass is 32.2. The number of hydrogen-bond acceptors (Lipinski definition) is 3. The van der Waals surface area contributed by atoms with Crippen LogP contribution in [0.1, 0.15) is 13.3 Å². The molecule has 0 aromatic rings. The molecule has 12 heavy (non-hydrogen) atoms. The molecule has 0 aliphatic carbocycles. The van der Waals surface area contributed by atoms with Crippen LogP contribution in [0.3, 0.4) is 0 Å². The Morgan fingerprint density at radius 3 is 2.50 bits per heavy atom. The van der Waals surface area contributed by atoms with Gasteiger partial charge in [0.1, 0.15) is 0 Å². The molecule has 0 aromatic heterocycles. The van der Waals surface area contributed by atoms with Crippen LogP contribution in [0.25, 0.3) is 0 Å². The third kappa shape index (κ3) is 2.48. The van der Waals surface area contributed by atoms with Gasteiger partial charge in [0.2, 0.25) is 5.91 Å². The molecule has 4 nitrogen and oxygen atoms in total. The maximum Gasteiger partial charge on any atom is 0.219 e. The van der Waals surface area contributed by atoms with E-state index in [9.17, 15) is 13.2 Å². The SMILES string of the molecule is CC(=O)N1CCCS(=O)(=O)CC1. The van der Waals surface area contributed by atoms with Gasteiger partial charge in [0.25, 0.3) is 0 Å². The second-order valence-corrected chi connectivity index (χ2v) is 5.32. The molecule has 5 heteroatoms. The van der Waals surface area contributed by atoms with Crippen molar-refractivity contribution in [1.29, 1.82) is 0 Å². The lowest BCUT2D eigenvalue weighted by Crippen LogP contribution is -2.31. The number of amides is 1. The monoisotopic (exact) mass is 191 g/mol. The normalized spacial score (nSPS) is 23.2. The van der Waals surface area contributed by atoms with E-state index in [-0.39, 0.29) is 17.4 Å². The van der Waals surface area contributed by atoms with Crippen molar-refractivity contribution in [2.45, 2.75) is 13.3 Å². The van der Waals surface area contributed by atoms with E-state index < -0.39 is 9.84 Å². The zero-order valence-corrected chi connectivity index (χ0v) is 7.93. The van der Waals surface area contributed by atoms with Crippen molar-refractivity contribution in [2.24, 2.45) is 0 Å². The molecule has 1 saturated heterocycles. The summed E-state index contributed by atoms with van der Waals surface area (Å²) in [5.41, 5.74) is 0. The molecular weight excluding hydrogens is 178 g/mol. The average molecular weight is 191 g/mol. The summed E-state index contributed by atoms with van der Waals surface area (Å²) < 4.78 is 22.2. The van der Waals surface area contributed by atoms with Gasteiger partial charge in [-0.3, -0.25) is 4.79 Å². The molecule has 0 aromatic carbocycles. The Morgan fingerprint density at radius 1 is 1.25 bits per heavy atom. The van der Waals surface area contributed by atoms with Crippen LogP contribution in [0.4, 0.5) is 0 Å². The van der Waals surface area contributed by atoms with E-state index in [0.717, 1.165) is 0 Å². The second kappa shape index (κ2) is 3.43. The van der Waals surface area contributed by atoms with Crippen LogP contribution in [0.2, 0.25) is 0 Å². The van der Waals surface area contributed by atoms with Crippen molar-refractivity contribution in [3.63, 3.8) is 0 Å². The van der Waals surface area contributed by atoms with Crippen LogP contribution in [0, 0.1) is 0 Å². The molecule has 0 saturated carbocycles. The van der Waals surface area contributed by atoms with Crippen LogP contribution in [-0.4, -0.2) is 43.8 Å². The topological polar surface area (TPSA) is 54.5 Å². The van der Waals surface area contributed by atoms with Crippen LogP contribution in [0.5, 0.6) is 0 Å². The zero-order chi connectivity index (χ0) is 9.19. The summed E-state index contributed by atoms with van der Waals surface area (Å²) in [5, 5.41) is 0. The molecule has 0 N–H and O–H groups in total. The van der Waals surface area contributed by atoms with E-state index in [2.05, 4.69) is 0 Å². The molecule has 1 aliphatic heterocycles. The van der Waals surface area contributed by atoms with Gasteiger partial charge < -0.3 is 4.90 Å². The summed E-state index contributed by atoms with van der Waals surface area (Å²) in [5.74, 6) is 0.302. The first-order valence-electron chi connectivity index (χ1n) is 3.97. The Bertz CT molecular complexity index is 270. The quantitative estimate of drug-likeness (QED) is 0.526. The minimum absolute atomic E-state index is 0.0351. The number of carbonyl (C=O) groups excluding carboxylic acids is 1. The van der Waals surface area contributed by atoms with Crippen molar-refractivity contribution in [3.8, 4) is 0 Å². The highest BCUT2D eigenvalue weighted by Gasteiger charge is 2.19. The summed E-state index contributed by atoms with van der Waals surface area (Å²) in [6.45, 7) is 2.41. The fourth-order valence-electron chi connectivity index (χ4n) is 1.25. The summed E-state index contributed by atoms with van der Waals surface area (Å²) in [6.07, 6.45) is 0.571. The lowest BCUT2D eigenvalue weighted by Gasteiger charge is -2.16. The smallest absolute Gasteiger partial charge is 0.219 e. The summed E-state index contributed by atoms with van der Waals surface area (Å²) in [6, 6.07) is 0. The Morgan fingerprint density at radius 2 is 1.92 bits per heavy atom. The van der Waals surface area contributed by atoms with Crippen LogP contribution >= 0.6 is 0 Å². The molecule has 0 radical (unpaired) electrons. The third-order valence-corrected chi connectivity index (χ3v) is 3.72. The fraction of sp³-hybridized carbons (Fsp3) is 0.857. The number of hydrogen-bond donors (Lipinski definition) is 0. The van der Waals surface area contributed by atoms with Crippen molar-refractivity contribution in [3.05, 3.63) is 0 Å². The predicted octanol–water partition coefficient (Wildman–Crippen LogP) is -0.347. The molecule has 1 rings (SSSR count). The summed E-state index contributed by atoms with van der Waals surface area (Å²) >= 11 is 0. The van der Waals surface area contributed by atoms with Crippen LogP contribution < -0.4 is 0 Å². The van der Waals surface area contributed by atoms with Crippen molar-refractivity contribution in [1.82, 2.24) is 4.90 Å². The fourth-order valence-corrected chi connectivity index (χ4v) is 2.52. The van der Waals surface area contributed by atoms with Crippen LogP contribution in [-0.2, 0) is 14.6 Å². The van der Waals surface area contributed by atoms with Gasteiger partial charge >= 0.3 is 0 Å². The molecule has 1 amide bonds. The molecule has 0 unspecified atom stereocenters. The maximum absolute atomic E-state index is 11.1. The van der Waals surface area contributed by atoms with Gasteiger partial charge in [-0.15, -0.1) is 0 Å². The Kier molecular flexibility index (Phi) is 2.72. The third-order valence-electron chi connectivity index (χ3n) is 2.00. The van der Waals surface area contributed by atoms with E-state index in [4.69, 9.17) is 0 Å². The van der Waals surface area contributed by atoms with Crippen LogP contribution in [0.15, 0.2) is 0 Å². The Hall–Kier alpha value is -0.580. The first-order chi connectivity index (χ1) is 5.51. The molecule has 70 valence electrons. The summed E-state index contributed by atoms with van der Waals surface area (Å²) in [7, 11) is -2.88. The van der Waals surface area contributed by atoms with Gasteiger partial charge in [-0.05, 0) is 6.42 Å². The number of rotatable bonds is 0. The predicted molar refractivity (Wildman–Crippen MR) is 45.5 cm³/mol. The zero-order valence-electron chi connectivity index (χ0n) is 7.12. The molecule has 0 atom stereocenters. The average Bonchev–Trinajstić information content (AvgIpc) is 2.10. The Labute approximate surface area is 72.5 Å². The van der Waals surface area contributed by atoms with E-state index in [1.165, 1.54) is 6.92 Å². The van der Waals surface area contributed by atoms with Gasteiger partial charge in [-0.2, -0.15) is 0 Å². The number of sulfone groups is 1. The minimum Gasteiger partial charge on any atom is -0.342 e. The van der Waals surface area contributed by atoms with E-state index in [1.807, 2.05) is 0 Å². The standard InChI is InChI=1S/C7H13NO3S/c1-7(9)8-3-2-5-12(10,11)6-4-8/h2-6H2,1H3. The number of carbonyl (C=O) groups is 1. The number of nitrogens with zero attached hydrogens (tertiary/aromatic N) is 1. The lowest BCUT2D eigenvalue weighted by molar-refractivity contribution is -0.128. The molecular formula is C7H13NO3S. The largest absolute Gasteiger partial charge is 0.342 e. The van der Waals surface area contributed by atoms with E-state index in [0.29, 0.717) is 19.5 Å². The molecule has 1 aliphatic rings. The first-order valence-corrected chi connectivity index (χ1v) is 5.79. The van der Waals surface area contributed by atoms with Gasteiger partial charge in [-0.1, -0.05) is 0 Å². The first kappa shape index (κ1) is 9.51. The van der Waals surface area contributed by atoms with Gasteiger partial charge in [0.15, 0.2) is 9.84 Å². The highest BCUT2D eigenvalue weighted by Crippen LogP contribution is 2.04. The van der Waals surface area contributed by atoms with Crippen molar-refractivity contribution < 1.29 is 13.2 Å². The minimum atomic E-state index is -2.88. The van der Waals surface area contributed by atoms with Crippen molar-refractivity contribution in [2.75, 3.05) is 24.6 Å².